The third-order valence-corrected chi connectivity index (χ3v) is 6.90. The van der Waals surface area contributed by atoms with Gasteiger partial charge in [0.1, 0.15) is 12.3 Å². The Labute approximate surface area is 171 Å². The van der Waals surface area contributed by atoms with Crippen LogP contribution in [0.25, 0.3) is 0 Å². The first kappa shape index (κ1) is 18.7. The van der Waals surface area contributed by atoms with E-state index in [2.05, 4.69) is 15.2 Å². The first-order chi connectivity index (χ1) is 14.0. The number of hydrogen-bond donors (Lipinski definition) is 1. The molecule has 2 aromatic rings. The highest BCUT2D eigenvalue weighted by Gasteiger charge is 2.46. The number of carbonyl (C=O) groups is 1. The molecule has 5 rings (SSSR count). The van der Waals surface area contributed by atoms with E-state index in [0.29, 0.717) is 29.6 Å². The number of hydrogen-bond acceptors (Lipinski definition) is 6. The van der Waals surface area contributed by atoms with Crippen LogP contribution in [0.1, 0.15) is 29.0 Å². The number of piperazine rings is 1. The Morgan fingerprint density at radius 3 is 2.66 bits per heavy atom. The fourth-order valence-corrected chi connectivity index (χ4v) is 5.67. The van der Waals surface area contributed by atoms with E-state index in [-0.39, 0.29) is 37.0 Å². The van der Waals surface area contributed by atoms with Crippen molar-refractivity contribution in [3.05, 3.63) is 46.5 Å². The Balaban J connectivity index is 1.27. The minimum Gasteiger partial charge on any atom is -0.445 e. The summed E-state index contributed by atoms with van der Waals surface area (Å²) in [6, 6.07) is 9.77. The fourth-order valence-electron chi connectivity index (χ4n) is 4.45. The van der Waals surface area contributed by atoms with Crippen LogP contribution < -0.4 is 10.2 Å². The van der Waals surface area contributed by atoms with Crippen LogP contribution in [0.4, 0.5) is 18.7 Å². The number of ether oxygens (including phenoxy) is 1. The number of likely N-dealkylation sites (tertiary alicyclic amines) is 1. The number of nitrogens with one attached hydrogen (secondary N) is 1. The Bertz CT molecular complexity index is 893. The van der Waals surface area contributed by atoms with Gasteiger partial charge in [-0.2, -0.15) is 8.78 Å². The van der Waals surface area contributed by atoms with Gasteiger partial charge in [0.15, 0.2) is 5.13 Å². The summed E-state index contributed by atoms with van der Waals surface area (Å²) in [5.41, 5.74) is 0.866. The average molecular weight is 420 g/mol. The summed E-state index contributed by atoms with van der Waals surface area (Å²) < 4.78 is 33.8. The van der Waals surface area contributed by atoms with E-state index in [9.17, 15) is 13.6 Å². The zero-order valence-corrected chi connectivity index (χ0v) is 16.6. The van der Waals surface area contributed by atoms with Gasteiger partial charge < -0.3 is 19.9 Å². The van der Waals surface area contributed by atoms with Crippen LogP contribution in [-0.2, 0) is 23.8 Å². The van der Waals surface area contributed by atoms with Gasteiger partial charge in [0.2, 0.25) is 0 Å². The second-order valence-corrected chi connectivity index (χ2v) is 8.88. The van der Waals surface area contributed by atoms with Crippen molar-refractivity contribution in [2.75, 3.05) is 24.5 Å². The second-order valence-electron chi connectivity index (χ2n) is 7.81. The molecule has 0 aliphatic carbocycles. The summed E-state index contributed by atoms with van der Waals surface area (Å²) in [6.07, 6.45) is 1.53. The van der Waals surface area contributed by atoms with E-state index in [1.807, 2.05) is 30.3 Å². The minimum absolute atomic E-state index is 0.0830. The van der Waals surface area contributed by atoms with Crippen molar-refractivity contribution in [2.45, 2.75) is 44.0 Å². The number of carbonyl (C=O) groups excluding carboxylic acids is 1. The van der Waals surface area contributed by atoms with Gasteiger partial charge in [-0.15, -0.1) is 11.3 Å². The number of anilines is 1. The van der Waals surface area contributed by atoms with Crippen LogP contribution in [0.15, 0.2) is 30.3 Å². The average Bonchev–Trinajstić information content (AvgIpc) is 3.25. The molecule has 0 saturated carbocycles. The normalized spacial score (nSPS) is 25.0. The molecular weight excluding hydrogens is 398 g/mol. The number of benzene rings is 1. The van der Waals surface area contributed by atoms with Crippen molar-refractivity contribution < 1.29 is 18.3 Å². The summed E-state index contributed by atoms with van der Waals surface area (Å²) in [5.74, 6) is -2.93. The molecule has 2 unspecified atom stereocenters. The lowest BCUT2D eigenvalue weighted by Gasteiger charge is -2.40. The number of nitrogens with zero attached hydrogens (tertiary/aromatic N) is 3. The number of fused-ring (bicyclic) bond motifs is 3. The van der Waals surface area contributed by atoms with Crippen molar-refractivity contribution >= 4 is 22.6 Å². The van der Waals surface area contributed by atoms with Gasteiger partial charge in [-0.25, -0.2) is 9.78 Å². The largest absolute Gasteiger partial charge is 0.445 e. The van der Waals surface area contributed by atoms with Gasteiger partial charge in [-0.05, 0) is 18.4 Å². The molecular formula is C20H22F2N4O2S. The zero-order valence-electron chi connectivity index (χ0n) is 15.8. The third kappa shape index (κ3) is 3.46. The standard InChI is InChI=1S/C20H22F2N4O2S/c21-20(22)12-23-8-16-17(20)24-18(29-16)26-14-6-7-15(26)10-25(9-14)19(27)28-11-13-4-2-1-3-5-13/h1-5,14-15,23H,6-12H2. The molecule has 3 aliphatic rings. The number of halogens is 2. The summed E-state index contributed by atoms with van der Waals surface area (Å²) in [6.45, 7) is 1.38. The summed E-state index contributed by atoms with van der Waals surface area (Å²) in [4.78, 5) is 21.4. The van der Waals surface area contributed by atoms with Crippen molar-refractivity contribution in [1.82, 2.24) is 15.2 Å². The smallest absolute Gasteiger partial charge is 0.410 e. The zero-order chi connectivity index (χ0) is 20.0. The van der Waals surface area contributed by atoms with Crippen molar-refractivity contribution in [3.8, 4) is 0 Å². The number of aromatic nitrogens is 1. The Hall–Kier alpha value is -2.26. The molecule has 2 bridgehead atoms. The van der Waals surface area contributed by atoms with Crippen LogP contribution >= 0.6 is 11.3 Å². The Kier molecular flexibility index (Phi) is 4.66. The Morgan fingerprint density at radius 1 is 1.24 bits per heavy atom. The highest BCUT2D eigenvalue weighted by Crippen LogP contribution is 2.42. The van der Waals surface area contributed by atoms with E-state index in [0.717, 1.165) is 18.4 Å². The van der Waals surface area contributed by atoms with Crippen LogP contribution in [0, 0.1) is 0 Å². The molecule has 1 aromatic carbocycles. The lowest BCUT2D eigenvalue weighted by Crippen LogP contribution is -2.55. The molecule has 2 saturated heterocycles. The molecule has 2 atom stereocenters. The molecule has 1 N–H and O–H groups in total. The molecule has 1 amide bonds. The summed E-state index contributed by atoms with van der Waals surface area (Å²) in [5, 5.41) is 3.42. The summed E-state index contributed by atoms with van der Waals surface area (Å²) in [7, 11) is 0. The predicted molar refractivity (Wildman–Crippen MR) is 105 cm³/mol. The minimum atomic E-state index is -2.93. The SMILES string of the molecule is O=C(OCc1ccccc1)N1CC2CCC(C1)N2c1nc2c(s1)CNCC2(F)F. The fraction of sp³-hybridized carbons (Fsp3) is 0.500. The highest BCUT2D eigenvalue weighted by atomic mass is 32.1. The number of amides is 1. The maximum absolute atomic E-state index is 14.2. The van der Waals surface area contributed by atoms with Crippen LogP contribution in [0.3, 0.4) is 0 Å². The van der Waals surface area contributed by atoms with Crippen LogP contribution in [0.2, 0.25) is 0 Å². The number of thiazole rings is 1. The molecule has 29 heavy (non-hydrogen) atoms. The van der Waals surface area contributed by atoms with Crippen molar-refractivity contribution in [2.24, 2.45) is 0 Å². The monoisotopic (exact) mass is 420 g/mol. The molecule has 0 radical (unpaired) electrons. The molecule has 154 valence electrons. The van der Waals surface area contributed by atoms with Crippen molar-refractivity contribution in [3.63, 3.8) is 0 Å². The van der Waals surface area contributed by atoms with Crippen molar-refractivity contribution in [1.29, 1.82) is 0 Å². The van der Waals surface area contributed by atoms with Crippen LogP contribution in [0.5, 0.6) is 0 Å². The first-order valence-electron chi connectivity index (χ1n) is 9.84. The first-order valence-corrected chi connectivity index (χ1v) is 10.7. The summed E-state index contributed by atoms with van der Waals surface area (Å²) >= 11 is 1.35. The van der Waals surface area contributed by atoms with E-state index in [4.69, 9.17) is 4.74 Å². The van der Waals surface area contributed by atoms with E-state index in [1.54, 1.807) is 4.90 Å². The van der Waals surface area contributed by atoms with E-state index >= 15 is 0 Å². The van der Waals surface area contributed by atoms with Gasteiger partial charge in [0, 0.05) is 36.6 Å². The number of rotatable bonds is 3. The van der Waals surface area contributed by atoms with Crippen LogP contribution in [-0.4, -0.2) is 47.7 Å². The second kappa shape index (κ2) is 7.21. The maximum atomic E-state index is 14.2. The molecule has 3 aliphatic heterocycles. The predicted octanol–water partition coefficient (Wildman–Crippen LogP) is 3.33. The lowest BCUT2D eigenvalue weighted by molar-refractivity contribution is -0.0143. The molecule has 4 heterocycles. The third-order valence-electron chi connectivity index (χ3n) is 5.83. The Morgan fingerprint density at radius 2 is 1.97 bits per heavy atom. The van der Waals surface area contributed by atoms with Gasteiger partial charge in [0.05, 0.1) is 6.54 Å². The topological polar surface area (TPSA) is 57.7 Å². The van der Waals surface area contributed by atoms with E-state index in [1.165, 1.54) is 11.3 Å². The molecule has 1 aromatic heterocycles. The molecule has 6 nitrogen and oxygen atoms in total. The molecule has 0 spiro atoms. The van der Waals surface area contributed by atoms with Gasteiger partial charge >= 0.3 is 12.0 Å². The number of alkyl halides is 2. The quantitative estimate of drug-likeness (QED) is 0.826. The highest BCUT2D eigenvalue weighted by molar-refractivity contribution is 7.15. The van der Waals surface area contributed by atoms with Gasteiger partial charge in [-0.1, -0.05) is 30.3 Å². The van der Waals surface area contributed by atoms with Gasteiger partial charge in [0.25, 0.3) is 0 Å². The lowest BCUT2D eigenvalue weighted by atomic mass is 10.1. The van der Waals surface area contributed by atoms with E-state index < -0.39 is 5.92 Å². The molecule has 2 fully saturated rings. The molecule has 9 heteroatoms. The van der Waals surface area contributed by atoms with Gasteiger partial charge in [-0.3, -0.25) is 0 Å². The maximum Gasteiger partial charge on any atom is 0.410 e.